The van der Waals surface area contributed by atoms with Gasteiger partial charge in [0.05, 0.1) is 5.57 Å². The highest BCUT2D eigenvalue weighted by molar-refractivity contribution is 5.96. The summed E-state index contributed by atoms with van der Waals surface area (Å²) in [6.07, 6.45) is 1.93. The number of pyridine rings is 1. The SMILES string of the molecule is O=C(/C=C(\c1ccccc1)C(F)(F)F)NCc1ccnc(OC2CCCC2)c1. The molecule has 1 aromatic carbocycles. The first-order valence-electron chi connectivity index (χ1n) is 9.15. The topological polar surface area (TPSA) is 51.2 Å². The van der Waals surface area contributed by atoms with E-state index in [-0.39, 0.29) is 18.2 Å². The molecular formula is C21H21F3N2O2. The van der Waals surface area contributed by atoms with E-state index in [9.17, 15) is 18.0 Å². The molecule has 0 unspecified atom stereocenters. The van der Waals surface area contributed by atoms with Gasteiger partial charge < -0.3 is 10.1 Å². The minimum atomic E-state index is -4.63. The summed E-state index contributed by atoms with van der Waals surface area (Å²) in [5, 5.41) is 2.49. The lowest BCUT2D eigenvalue weighted by Crippen LogP contribution is -2.23. The van der Waals surface area contributed by atoms with Crippen LogP contribution in [0.1, 0.15) is 36.8 Å². The quantitative estimate of drug-likeness (QED) is 0.730. The number of alkyl halides is 3. The van der Waals surface area contributed by atoms with E-state index >= 15 is 0 Å². The van der Waals surface area contributed by atoms with Crippen LogP contribution < -0.4 is 10.1 Å². The average Bonchev–Trinajstić information content (AvgIpc) is 3.17. The van der Waals surface area contributed by atoms with E-state index < -0.39 is 17.7 Å². The molecule has 1 saturated carbocycles. The van der Waals surface area contributed by atoms with Gasteiger partial charge in [-0.1, -0.05) is 30.3 Å². The van der Waals surface area contributed by atoms with E-state index in [1.54, 1.807) is 24.4 Å². The van der Waals surface area contributed by atoms with E-state index in [2.05, 4.69) is 10.3 Å². The Morgan fingerprint density at radius 2 is 1.89 bits per heavy atom. The number of carbonyl (C=O) groups excluding carboxylic acids is 1. The van der Waals surface area contributed by atoms with Gasteiger partial charge >= 0.3 is 6.18 Å². The van der Waals surface area contributed by atoms with Gasteiger partial charge in [-0.2, -0.15) is 13.2 Å². The molecule has 0 aliphatic heterocycles. The summed E-state index contributed by atoms with van der Waals surface area (Å²) in [5.41, 5.74) is -0.329. The highest BCUT2D eigenvalue weighted by atomic mass is 19.4. The summed E-state index contributed by atoms with van der Waals surface area (Å²) >= 11 is 0. The minimum absolute atomic E-state index is 0.0543. The Balaban J connectivity index is 1.65. The van der Waals surface area contributed by atoms with Crippen molar-refractivity contribution in [2.75, 3.05) is 0 Å². The first kappa shape index (κ1) is 19.9. The Morgan fingerprint density at radius 3 is 2.57 bits per heavy atom. The third-order valence-corrected chi connectivity index (χ3v) is 4.52. The van der Waals surface area contributed by atoms with E-state index in [4.69, 9.17) is 4.74 Å². The van der Waals surface area contributed by atoms with Crippen LogP contribution in [-0.4, -0.2) is 23.2 Å². The molecule has 1 fully saturated rings. The molecule has 1 heterocycles. The van der Waals surface area contributed by atoms with Crippen LogP contribution in [0.25, 0.3) is 5.57 Å². The molecule has 1 aromatic heterocycles. The van der Waals surface area contributed by atoms with Gasteiger partial charge in [-0.3, -0.25) is 4.79 Å². The maximum absolute atomic E-state index is 13.3. The smallest absolute Gasteiger partial charge is 0.417 e. The van der Waals surface area contributed by atoms with Crippen molar-refractivity contribution in [2.45, 2.75) is 44.5 Å². The lowest BCUT2D eigenvalue weighted by molar-refractivity contribution is -0.117. The van der Waals surface area contributed by atoms with Gasteiger partial charge in [0.25, 0.3) is 0 Å². The highest BCUT2D eigenvalue weighted by Gasteiger charge is 2.35. The zero-order valence-electron chi connectivity index (χ0n) is 15.2. The van der Waals surface area contributed by atoms with Crippen LogP contribution in [0, 0.1) is 0 Å². The van der Waals surface area contributed by atoms with Crippen LogP contribution in [0.4, 0.5) is 13.2 Å². The molecule has 0 bridgehead atoms. The van der Waals surface area contributed by atoms with E-state index in [1.807, 2.05) is 0 Å². The predicted molar refractivity (Wildman–Crippen MR) is 99.4 cm³/mol. The number of hydrogen-bond donors (Lipinski definition) is 1. The van der Waals surface area contributed by atoms with Crippen LogP contribution in [0.2, 0.25) is 0 Å². The summed E-state index contributed by atoms with van der Waals surface area (Å²) in [4.78, 5) is 16.2. The summed E-state index contributed by atoms with van der Waals surface area (Å²) in [7, 11) is 0. The zero-order valence-corrected chi connectivity index (χ0v) is 15.2. The van der Waals surface area contributed by atoms with Crippen molar-refractivity contribution in [1.82, 2.24) is 10.3 Å². The van der Waals surface area contributed by atoms with Gasteiger partial charge in [0.15, 0.2) is 0 Å². The summed E-state index contributed by atoms with van der Waals surface area (Å²) in [6.45, 7) is 0.0821. The van der Waals surface area contributed by atoms with Crippen molar-refractivity contribution < 1.29 is 22.7 Å². The number of nitrogens with zero attached hydrogens (tertiary/aromatic N) is 1. The molecule has 0 saturated heterocycles. The Bertz CT molecular complexity index is 829. The molecule has 28 heavy (non-hydrogen) atoms. The van der Waals surface area contributed by atoms with Gasteiger partial charge in [0.2, 0.25) is 11.8 Å². The maximum atomic E-state index is 13.3. The molecule has 1 N–H and O–H groups in total. The summed E-state index contributed by atoms with van der Waals surface area (Å²) < 4.78 is 45.7. The van der Waals surface area contributed by atoms with Crippen LogP contribution in [0.3, 0.4) is 0 Å². The van der Waals surface area contributed by atoms with Crippen LogP contribution >= 0.6 is 0 Å². The standard InChI is InChI=1S/C21H21F3N2O2/c22-21(23,24)18(16-6-2-1-3-7-16)13-19(27)26-14-15-10-11-25-20(12-15)28-17-8-4-5-9-17/h1-3,6-7,10-13,17H,4-5,8-9,14H2,(H,26,27)/b18-13+. The molecular weight excluding hydrogens is 369 g/mol. The number of halogens is 3. The fourth-order valence-electron chi connectivity index (χ4n) is 3.12. The van der Waals surface area contributed by atoms with Crippen molar-refractivity contribution in [1.29, 1.82) is 0 Å². The molecule has 0 spiro atoms. The third-order valence-electron chi connectivity index (χ3n) is 4.52. The van der Waals surface area contributed by atoms with E-state index in [0.29, 0.717) is 17.5 Å². The second-order valence-electron chi connectivity index (χ2n) is 6.67. The molecule has 0 radical (unpaired) electrons. The Labute approximate surface area is 161 Å². The molecule has 0 atom stereocenters. The molecule has 1 aliphatic carbocycles. The summed E-state index contributed by atoms with van der Waals surface area (Å²) in [6, 6.07) is 10.6. The fraction of sp³-hybridized carbons (Fsp3) is 0.333. The first-order valence-corrected chi connectivity index (χ1v) is 9.15. The summed E-state index contributed by atoms with van der Waals surface area (Å²) in [5.74, 6) is -0.347. The molecule has 7 heteroatoms. The molecule has 1 amide bonds. The normalized spacial score (nSPS) is 15.5. The Morgan fingerprint density at radius 1 is 1.18 bits per heavy atom. The number of hydrogen-bond acceptors (Lipinski definition) is 3. The van der Waals surface area contributed by atoms with Crippen molar-refractivity contribution in [3.8, 4) is 5.88 Å². The molecule has 1 aliphatic rings. The van der Waals surface area contributed by atoms with E-state index in [0.717, 1.165) is 25.7 Å². The molecule has 2 aromatic rings. The second-order valence-corrected chi connectivity index (χ2v) is 6.67. The molecule has 148 valence electrons. The van der Waals surface area contributed by atoms with Crippen LogP contribution in [0.15, 0.2) is 54.7 Å². The van der Waals surface area contributed by atoms with Gasteiger partial charge in [0, 0.05) is 24.9 Å². The Hall–Kier alpha value is -2.83. The third kappa shape index (κ3) is 5.58. The van der Waals surface area contributed by atoms with Gasteiger partial charge in [0.1, 0.15) is 6.10 Å². The Kier molecular flexibility index (Phi) is 6.34. The van der Waals surface area contributed by atoms with Gasteiger partial charge in [-0.25, -0.2) is 4.98 Å². The van der Waals surface area contributed by atoms with Crippen LogP contribution in [-0.2, 0) is 11.3 Å². The number of benzene rings is 1. The van der Waals surface area contributed by atoms with Crippen LogP contribution in [0.5, 0.6) is 5.88 Å². The van der Waals surface area contributed by atoms with E-state index in [1.165, 1.54) is 24.3 Å². The number of nitrogens with one attached hydrogen (secondary N) is 1. The number of aromatic nitrogens is 1. The fourth-order valence-corrected chi connectivity index (χ4v) is 3.12. The van der Waals surface area contributed by atoms with Crippen molar-refractivity contribution in [2.24, 2.45) is 0 Å². The maximum Gasteiger partial charge on any atom is 0.417 e. The van der Waals surface area contributed by atoms with Crippen molar-refractivity contribution in [3.63, 3.8) is 0 Å². The lowest BCUT2D eigenvalue weighted by atomic mass is 10.1. The molecule has 4 nitrogen and oxygen atoms in total. The zero-order chi connectivity index (χ0) is 20.0. The second kappa shape index (κ2) is 8.91. The molecule has 3 rings (SSSR count). The predicted octanol–water partition coefficient (Wildman–Crippen LogP) is 4.67. The minimum Gasteiger partial charge on any atom is -0.474 e. The number of allylic oxidation sites excluding steroid dienone is 1. The monoisotopic (exact) mass is 390 g/mol. The highest BCUT2D eigenvalue weighted by Crippen LogP contribution is 2.33. The van der Waals surface area contributed by atoms with Crippen molar-refractivity contribution >= 4 is 11.5 Å². The average molecular weight is 390 g/mol. The van der Waals surface area contributed by atoms with Gasteiger partial charge in [-0.05, 0) is 42.9 Å². The lowest BCUT2D eigenvalue weighted by Gasteiger charge is -2.13. The first-order chi connectivity index (χ1) is 13.4. The number of amides is 1. The van der Waals surface area contributed by atoms with Gasteiger partial charge in [-0.15, -0.1) is 0 Å². The number of ether oxygens (including phenoxy) is 1. The number of carbonyl (C=O) groups is 1. The largest absolute Gasteiger partial charge is 0.474 e. The van der Waals surface area contributed by atoms with Crippen molar-refractivity contribution in [3.05, 3.63) is 65.9 Å². The number of rotatable bonds is 6.